The van der Waals surface area contributed by atoms with E-state index in [0.29, 0.717) is 29.0 Å². The van der Waals surface area contributed by atoms with Crippen molar-refractivity contribution in [3.8, 4) is 5.75 Å². The molecule has 0 aliphatic heterocycles. The fourth-order valence-electron chi connectivity index (χ4n) is 2.11. The topological polar surface area (TPSA) is 32.3 Å². The van der Waals surface area contributed by atoms with Gasteiger partial charge in [-0.1, -0.05) is 23.9 Å². The smallest absolute Gasteiger partial charge is 0.288 e. The second-order valence-electron chi connectivity index (χ2n) is 4.83. The predicted octanol–water partition coefficient (Wildman–Crippen LogP) is 4.94. The standard InChI is InChI=1S/C16H17F2NOS/c1-10-7-12(8-11(2)15(10)20)9-19-13-3-5-14(6-4-13)21-16(17)18/h3-8,16,19-20H,9H2,1-2H3. The third kappa shape index (κ3) is 4.36. The first-order valence-corrected chi connectivity index (χ1v) is 7.41. The van der Waals surface area contributed by atoms with Gasteiger partial charge < -0.3 is 10.4 Å². The van der Waals surface area contributed by atoms with Crippen LogP contribution >= 0.6 is 11.8 Å². The Bertz CT molecular complexity index is 591. The maximum absolute atomic E-state index is 12.2. The molecule has 0 aromatic heterocycles. The van der Waals surface area contributed by atoms with Gasteiger partial charge in [0.1, 0.15) is 5.75 Å². The number of benzene rings is 2. The molecule has 0 unspecified atom stereocenters. The molecule has 0 saturated carbocycles. The summed E-state index contributed by atoms with van der Waals surface area (Å²) in [5, 5.41) is 13.0. The Morgan fingerprint density at radius 1 is 1.10 bits per heavy atom. The average Bonchev–Trinajstić information content (AvgIpc) is 2.43. The van der Waals surface area contributed by atoms with Crippen LogP contribution in [-0.2, 0) is 6.54 Å². The lowest BCUT2D eigenvalue weighted by molar-refractivity contribution is 0.252. The van der Waals surface area contributed by atoms with E-state index in [2.05, 4.69) is 5.32 Å². The lowest BCUT2D eigenvalue weighted by Gasteiger charge is -2.10. The number of nitrogens with one attached hydrogen (secondary N) is 1. The van der Waals surface area contributed by atoms with Crippen molar-refractivity contribution >= 4 is 17.4 Å². The molecule has 0 radical (unpaired) electrons. The van der Waals surface area contributed by atoms with Crippen LogP contribution in [-0.4, -0.2) is 10.9 Å². The van der Waals surface area contributed by atoms with Crippen LogP contribution < -0.4 is 5.32 Å². The van der Waals surface area contributed by atoms with Crippen molar-refractivity contribution < 1.29 is 13.9 Å². The number of phenols is 1. The number of aromatic hydroxyl groups is 1. The van der Waals surface area contributed by atoms with Crippen LogP contribution in [0.2, 0.25) is 0 Å². The van der Waals surface area contributed by atoms with Crippen molar-refractivity contribution in [3.05, 3.63) is 53.1 Å². The van der Waals surface area contributed by atoms with Crippen molar-refractivity contribution in [3.63, 3.8) is 0 Å². The highest BCUT2D eigenvalue weighted by molar-refractivity contribution is 7.99. The number of phenolic OH excluding ortho intramolecular Hbond substituents is 1. The van der Waals surface area contributed by atoms with Gasteiger partial charge >= 0.3 is 0 Å². The van der Waals surface area contributed by atoms with E-state index < -0.39 is 5.76 Å². The number of thioether (sulfide) groups is 1. The number of aryl methyl sites for hydroxylation is 2. The van der Waals surface area contributed by atoms with E-state index >= 15 is 0 Å². The van der Waals surface area contributed by atoms with Crippen LogP contribution in [0.25, 0.3) is 0 Å². The second-order valence-corrected chi connectivity index (χ2v) is 5.90. The fourth-order valence-corrected chi connectivity index (χ4v) is 2.60. The van der Waals surface area contributed by atoms with Crippen molar-refractivity contribution in [1.29, 1.82) is 0 Å². The number of rotatable bonds is 5. The van der Waals surface area contributed by atoms with E-state index in [9.17, 15) is 13.9 Å². The molecule has 0 amide bonds. The summed E-state index contributed by atoms with van der Waals surface area (Å²) in [6.45, 7) is 4.34. The largest absolute Gasteiger partial charge is 0.507 e. The van der Waals surface area contributed by atoms with Crippen LogP contribution in [0.5, 0.6) is 5.75 Å². The van der Waals surface area contributed by atoms with Gasteiger partial charge in [-0.05, 0) is 54.8 Å². The number of hydrogen-bond donors (Lipinski definition) is 2. The van der Waals surface area contributed by atoms with E-state index in [1.165, 1.54) is 0 Å². The molecule has 2 rings (SSSR count). The summed E-state index contributed by atoms with van der Waals surface area (Å²) in [5.74, 6) is -2.07. The summed E-state index contributed by atoms with van der Waals surface area (Å²) >= 11 is 0.538. The Morgan fingerprint density at radius 2 is 1.67 bits per heavy atom. The molecule has 0 bridgehead atoms. The van der Waals surface area contributed by atoms with Crippen molar-refractivity contribution in [1.82, 2.24) is 0 Å². The molecule has 0 spiro atoms. The Morgan fingerprint density at radius 3 is 2.19 bits per heavy atom. The molecule has 2 aromatic rings. The third-order valence-electron chi connectivity index (χ3n) is 3.13. The quantitative estimate of drug-likeness (QED) is 0.768. The minimum Gasteiger partial charge on any atom is -0.507 e. The number of alkyl halides is 2. The molecule has 5 heteroatoms. The van der Waals surface area contributed by atoms with Crippen LogP contribution in [0, 0.1) is 13.8 Å². The number of halogens is 2. The summed E-state index contributed by atoms with van der Waals surface area (Å²) < 4.78 is 24.5. The fraction of sp³-hybridized carbons (Fsp3) is 0.250. The highest BCUT2D eigenvalue weighted by Gasteiger charge is 2.05. The minimum absolute atomic E-state index is 0.326. The molecule has 0 aliphatic rings. The van der Waals surface area contributed by atoms with Gasteiger partial charge in [-0.2, -0.15) is 8.78 Å². The first kappa shape index (κ1) is 15.6. The molecule has 112 valence electrons. The van der Waals surface area contributed by atoms with Crippen LogP contribution in [0.1, 0.15) is 16.7 Å². The molecule has 2 nitrogen and oxygen atoms in total. The molecule has 0 heterocycles. The maximum atomic E-state index is 12.2. The van der Waals surface area contributed by atoms with Gasteiger partial charge in [-0.3, -0.25) is 0 Å². The Labute approximate surface area is 127 Å². The van der Waals surface area contributed by atoms with E-state index in [-0.39, 0.29) is 0 Å². The molecule has 2 aromatic carbocycles. The zero-order chi connectivity index (χ0) is 15.4. The van der Waals surface area contributed by atoms with Gasteiger partial charge in [0.15, 0.2) is 0 Å². The van der Waals surface area contributed by atoms with Crippen molar-refractivity contribution in [2.45, 2.75) is 31.0 Å². The van der Waals surface area contributed by atoms with Crippen LogP contribution in [0.15, 0.2) is 41.3 Å². The molecule has 0 fully saturated rings. The Hall–Kier alpha value is -1.75. The van der Waals surface area contributed by atoms with E-state index in [1.807, 2.05) is 26.0 Å². The second kappa shape index (κ2) is 6.80. The molecule has 2 N–H and O–H groups in total. The van der Waals surface area contributed by atoms with E-state index in [4.69, 9.17) is 0 Å². The molecule has 0 atom stereocenters. The van der Waals surface area contributed by atoms with Gasteiger partial charge in [0, 0.05) is 17.1 Å². The third-order valence-corrected chi connectivity index (χ3v) is 3.85. The van der Waals surface area contributed by atoms with Crippen molar-refractivity contribution in [2.24, 2.45) is 0 Å². The summed E-state index contributed by atoms with van der Waals surface area (Å²) in [6, 6.07) is 10.8. The summed E-state index contributed by atoms with van der Waals surface area (Å²) in [4.78, 5) is 0.548. The van der Waals surface area contributed by atoms with Gasteiger partial charge in [0.2, 0.25) is 0 Å². The highest BCUT2D eigenvalue weighted by atomic mass is 32.2. The number of hydrogen-bond acceptors (Lipinski definition) is 3. The normalized spacial score (nSPS) is 10.9. The van der Waals surface area contributed by atoms with Crippen LogP contribution in [0.4, 0.5) is 14.5 Å². The first-order valence-electron chi connectivity index (χ1n) is 6.53. The first-order chi connectivity index (χ1) is 9.95. The average molecular weight is 309 g/mol. The molecular weight excluding hydrogens is 292 g/mol. The van der Waals surface area contributed by atoms with Crippen LogP contribution in [0.3, 0.4) is 0 Å². The minimum atomic E-state index is -2.40. The SMILES string of the molecule is Cc1cc(CNc2ccc(SC(F)F)cc2)cc(C)c1O. The lowest BCUT2D eigenvalue weighted by atomic mass is 10.1. The molecule has 0 aliphatic carbocycles. The Balaban J connectivity index is 2.00. The van der Waals surface area contributed by atoms with Gasteiger partial charge in [-0.15, -0.1) is 0 Å². The molecular formula is C16H17F2NOS. The highest BCUT2D eigenvalue weighted by Crippen LogP contribution is 2.27. The van der Waals surface area contributed by atoms with Gasteiger partial charge in [-0.25, -0.2) is 0 Å². The molecule has 0 saturated heterocycles. The van der Waals surface area contributed by atoms with Crippen molar-refractivity contribution in [2.75, 3.05) is 5.32 Å². The lowest BCUT2D eigenvalue weighted by Crippen LogP contribution is -2.00. The summed E-state index contributed by atoms with van der Waals surface area (Å²) in [7, 11) is 0. The van der Waals surface area contributed by atoms with E-state index in [1.54, 1.807) is 24.3 Å². The van der Waals surface area contributed by atoms with E-state index in [0.717, 1.165) is 22.4 Å². The monoisotopic (exact) mass is 309 g/mol. The predicted molar refractivity (Wildman–Crippen MR) is 83.2 cm³/mol. The Kier molecular flexibility index (Phi) is 5.07. The van der Waals surface area contributed by atoms with Gasteiger partial charge in [0.25, 0.3) is 5.76 Å². The zero-order valence-corrected chi connectivity index (χ0v) is 12.7. The van der Waals surface area contributed by atoms with Gasteiger partial charge in [0.05, 0.1) is 0 Å². The number of anilines is 1. The zero-order valence-electron chi connectivity index (χ0n) is 11.9. The maximum Gasteiger partial charge on any atom is 0.288 e. The summed E-state index contributed by atoms with van der Waals surface area (Å²) in [6.07, 6.45) is 0. The molecule has 21 heavy (non-hydrogen) atoms. The summed E-state index contributed by atoms with van der Waals surface area (Å²) in [5.41, 5.74) is 3.62.